The first-order chi connectivity index (χ1) is 2.91. The first kappa shape index (κ1) is 5.85. The van der Waals surface area contributed by atoms with Gasteiger partial charge in [-0.15, -0.1) is 0 Å². The lowest BCUT2D eigenvalue weighted by atomic mass is 10.7. The van der Waals surface area contributed by atoms with E-state index >= 15 is 0 Å². The Labute approximate surface area is 36.1 Å². The van der Waals surface area contributed by atoms with Gasteiger partial charge in [-0.1, -0.05) is 0 Å². The summed E-state index contributed by atoms with van der Waals surface area (Å²) < 4.78 is 15.2. The first-order valence-electron chi connectivity index (χ1n) is 1.84. The number of alkyl halides is 1. The summed E-state index contributed by atoms with van der Waals surface area (Å²) in [5.41, 5.74) is 3.43. The van der Waals surface area contributed by atoms with Crippen molar-refractivity contribution in [2.75, 3.05) is 20.0 Å². The second-order valence-corrected chi connectivity index (χ2v) is 0.871. The maximum absolute atomic E-state index is 10.9. The van der Waals surface area contributed by atoms with Crippen LogP contribution < -0.4 is 5.73 Å². The summed E-state index contributed by atoms with van der Waals surface area (Å²) in [5.74, 6) is 0. The molecule has 0 saturated heterocycles. The molecule has 0 unspecified atom stereocenters. The number of quaternary nitrogens is 1. The molecule has 0 radical (unpaired) electrons. The van der Waals surface area contributed by atoms with Gasteiger partial charge in [0.2, 0.25) is 0 Å². The standard InChI is InChI=1S/C3H8FNO/c4-3-6-2-1-5/h1-3,5H2/p+1. The van der Waals surface area contributed by atoms with E-state index in [1.807, 2.05) is 0 Å². The molecular formula is C3H9FNO+. The topological polar surface area (TPSA) is 36.9 Å². The van der Waals surface area contributed by atoms with E-state index in [0.717, 1.165) is 0 Å². The maximum Gasteiger partial charge on any atom is 0.188 e. The predicted octanol–water partition coefficient (Wildman–Crippen LogP) is -0.828. The third-order valence-electron chi connectivity index (χ3n) is 0.366. The van der Waals surface area contributed by atoms with E-state index in [2.05, 4.69) is 10.5 Å². The fraction of sp³-hybridized carbons (Fsp3) is 1.00. The zero-order valence-corrected chi connectivity index (χ0v) is 3.61. The Kier molecular flexibility index (Phi) is 4.73. The Morgan fingerprint density at radius 3 is 2.50 bits per heavy atom. The Balaban J connectivity index is 2.34. The SMILES string of the molecule is [NH3+]CCOCF. The summed E-state index contributed by atoms with van der Waals surface area (Å²) >= 11 is 0. The monoisotopic (exact) mass is 94.1 g/mol. The largest absolute Gasteiger partial charge is 0.356 e. The van der Waals surface area contributed by atoms with Gasteiger partial charge in [0.05, 0.1) is 13.2 Å². The molecule has 0 aromatic rings. The minimum absolute atomic E-state index is 0.427. The van der Waals surface area contributed by atoms with Gasteiger partial charge in [-0.25, -0.2) is 4.39 Å². The molecule has 0 aliphatic heterocycles. The molecule has 3 heteroatoms. The average molecular weight is 94.1 g/mol. The highest BCUT2D eigenvalue weighted by molar-refractivity contribution is 4.12. The van der Waals surface area contributed by atoms with Crippen molar-refractivity contribution < 1.29 is 14.9 Å². The van der Waals surface area contributed by atoms with Crippen molar-refractivity contribution in [2.45, 2.75) is 0 Å². The van der Waals surface area contributed by atoms with Crippen molar-refractivity contribution in [2.24, 2.45) is 0 Å². The second kappa shape index (κ2) is 4.85. The summed E-state index contributed by atoms with van der Waals surface area (Å²) in [5, 5.41) is 0. The first-order valence-corrected chi connectivity index (χ1v) is 1.84. The van der Waals surface area contributed by atoms with E-state index in [0.29, 0.717) is 13.2 Å². The molecule has 38 valence electrons. The van der Waals surface area contributed by atoms with Crippen molar-refractivity contribution in [3.05, 3.63) is 0 Å². The van der Waals surface area contributed by atoms with Gasteiger partial charge in [-0.05, 0) is 0 Å². The van der Waals surface area contributed by atoms with Crippen LogP contribution in [-0.4, -0.2) is 20.0 Å². The molecule has 0 aliphatic carbocycles. The zero-order chi connectivity index (χ0) is 4.83. The summed E-state index contributed by atoms with van der Waals surface area (Å²) in [4.78, 5) is 0. The van der Waals surface area contributed by atoms with E-state index in [1.165, 1.54) is 0 Å². The maximum atomic E-state index is 10.9. The summed E-state index contributed by atoms with van der Waals surface area (Å²) in [6.45, 7) is 0.385. The molecule has 2 nitrogen and oxygen atoms in total. The Bertz CT molecular complexity index is 22.8. The van der Waals surface area contributed by atoms with Crippen LogP contribution in [0, 0.1) is 0 Å². The van der Waals surface area contributed by atoms with Gasteiger partial charge in [-0.2, -0.15) is 0 Å². The minimum Gasteiger partial charge on any atom is -0.356 e. The fourth-order valence-electron chi connectivity index (χ4n) is 0.157. The predicted molar refractivity (Wildman–Crippen MR) is 19.7 cm³/mol. The van der Waals surface area contributed by atoms with Crippen LogP contribution in [0.2, 0.25) is 0 Å². The molecule has 3 N–H and O–H groups in total. The van der Waals surface area contributed by atoms with Crippen molar-refractivity contribution in [3.8, 4) is 0 Å². The van der Waals surface area contributed by atoms with Crippen LogP contribution in [0.3, 0.4) is 0 Å². The smallest absolute Gasteiger partial charge is 0.188 e. The van der Waals surface area contributed by atoms with Crippen LogP contribution in [0.25, 0.3) is 0 Å². The molecule has 0 spiro atoms. The zero-order valence-electron chi connectivity index (χ0n) is 3.61. The van der Waals surface area contributed by atoms with Gasteiger partial charge in [-0.3, -0.25) is 0 Å². The number of hydrogen-bond acceptors (Lipinski definition) is 1. The van der Waals surface area contributed by atoms with Crippen LogP contribution >= 0.6 is 0 Å². The third-order valence-corrected chi connectivity index (χ3v) is 0.366. The molecule has 0 amide bonds. The van der Waals surface area contributed by atoms with Crippen LogP contribution in [0.4, 0.5) is 4.39 Å². The lowest BCUT2D eigenvalue weighted by molar-refractivity contribution is -0.375. The average Bonchev–Trinajstić information content (AvgIpc) is 1.61. The van der Waals surface area contributed by atoms with E-state index in [1.54, 1.807) is 0 Å². The molecule has 0 bridgehead atoms. The highest BCUT2D eigenvalue weighted by Gasteiger charge is 1.77. The van der Waals surface area contributed by atoms with Crippen molar-refractivity contribution >= 4 is 0 Å². The molecule has 6 heavy (non-hydrogen) atoms. The highest BCUT2D eigenvalue weighted by Crippen LogP contribution is 1.67. The molecule has 0 aliphatic rings. The van der Waals surface area contributed by atoms with Crippen LogP contribution in [0.5, 0.6) is 0 Å². The second-order valence-electron chi connectivity index (χ2n) is 0.871. The van der Waals surface area contributed by atoms with Gasteiger partial charge < -0.3 is 10.5 Å². The number of ether oxygens (including phenoxy) is 1. The Hall–Kier alpha value is -0.150. The molecular weight excluding hydrogens is 85.0 g/mol. The number of hydrogen-bond donors (Lipinski definition) is 1. The van der Waals surface area contributed by atoms with Gasteiger partial charge >= 0.3 is 0 Å². The van der Waals surface area contributed by atoms with E-state index < -0.39 is 6.86 Å². The van der Waals surface area contributed by atoms with Gasteiger partial charge in [0.1, 0.15) is 0 Å². The summed E-state index contributed by atoms with van der Waals surface area (Å²) in [7, 11) is 0. The van der Waals surface area contributed by atoms with E-state index in [9.17, 15) is 4.39 Å². The summed E-state index contributed by atoms with van der Waals surface area (Å²) in [6, 6.07) is 0. The fourth-order valence-corrected chi connectivity index (χ4v) is 0.157. The normalized spacial score (nSPS) is 9.00. The summed E-state index contributed by atoms with van der Waals surface area (Å²) in [6.07, 6.45) is 0. The lowest BCUT2D eigenvalue weighted by Gasteiger charge is -1.87. The lowest BCUT2D eigenvalue weighted by Crippen LogP contribution is -2.52. The van der Waals surface area contributed by atoms with Crippen LogP contribution in [0.1, 0.15) is 0 Å². The van der Waals surface area contributed by atoms with Crippen LogP contribution in [-0.2, 0) is 4.74 Å². The van der Waals surface area contributed by atoms with Crippen molar-refractivity contribution in [1.82, 2.24) is 0 Å². The molecule has 0 rings (SSSR count). The molecule has 0 aromatic heterocycles. The van der Waals surface area contributed by atoms with Crippen molar-refractivity contribution in [1.29, 1.82) is 0 Å². The minimum atomic E-state index is -0.685. The van der Waals surface area contributed by atoms with Crippen LogP contribution in [0.15, 0.2) is 0 Å². The van der Waals surface area contributed by atoms with Gasteiger partial charge in [0.15, 0.2) is 6.86 Å². The van der Waals surface area contributed by atoms with E-state index in [-0.39, 0.29) is 0 Å². The molecule has 0 aromatic carbocycles. The van der Waals surface area contributed by atoms with Gasteiger partial charge in [0.25, 0.3) is 0 Å². The molecule has 0 heterocycles. The quantitative estimate of drug-likeness (QED) is 0.455. The highest BCUT2D eigenvalue weighted by atomic mass is 19.1. The van der Waals surface area contributed by atoms with Crippen molar-refractivity contribution in [3.63, 3.8) is 0 Å². The number of rotatable bonds is 3. The Morgan fingerprint density at radius 2 is 2.33 bits per heavy atom. The molecule has 0 fully saturated rings. The Morgan fingerprint density at radius 1 is 1.67 bits per heavy atom. The van der Waals surface area contributed by atoms with Gasteiger partial charge in [0, 0.05) is 0 Å². The third kappa shape index (κ3) is 3.85. The molecule has 0 atom stereocenters. The van der Waals surface area contributed by atoms with E-state index in [4.69, 9.17) is 0 Å². The number of halogens is 1. The molecule has 0 saturated carbocycles.